The first kappa shape index (κ1) is 17.6. The molecule has 0 unspecified atom stereocenters. The van der Waals surface area contributed by atoms with E-state index in [0.29, 0.717) is 5.92 Å². The molecule has 25 heavy (non-hydrogen) atoms. The van der Waals surface area contributed by atoms with Crippen LogP contribution >= 0.6 is 0 Å². The highest BCUT2D eigenvalue weighted by atomic mass is 15.3. The summed E-state index contributed by atoms with van der Waals surface area (Å²) in [4.78, 5) is 9.58. The molecule has 3 rings (SSSR count). The Bertz CT molecular complexity index is 910. The van der Waals surface area contributed by atoms with Crippen molar-refractivity contribution in [3.8, 4) is 5.69 Å². The predicted octanol–water partition coefficient (Wildman–Crippen LogP) is 5.26. The molecule has 0 aliphatic heterocycles. The van der Waals surface area contributed by atoms with Gasteiger partial charge < -0.3 is 0 Å². The average Bonchev–Trinajstić information content (AvgIpc) is 2.84. The van der Waals surface area contributed by atoms with Crippen LogP contribution in [0.1, 0.15) is 66.5 Å². The maximum atomic E-state index is 4.88. The van der Waals surface area contributed by atoms with Gasteiger partial charge in [0.05, 0.1) is 22.5 Å². The van der Waals surface area contributed by atoms with Crippen molar-refractivity contribution in [2.75, 3.05) is 0 Å². The van der Waals surface area contributed by atoms with Crippen LogP contribution in [-0.2, 0) is 0 Å². The second-order valence-electron chi connectivity index (χ2n) is 7.11. The third-order valence-electron chi connectivity index (χ3n) is 5.06. The highest BCUT2D eigenvalue weighted by Crippen LogP contribution is 2.32. The highest BCUT2D eigenvalue weighted by molar-refractivity contribution is 5.83. The van der Waals surface area contributed by atoms with Gasteiger partial charge in [-0.1, -0.05) is 31.5 Å². The van der Waals surface area contributed by atoms with Gasteiger partial charge in [0.2, 0.25) is 0 Å². The van der Waals surface area contributed by atoms with Gasteiger partial charge in [0.25, 0.3) is 0 Å². The zero-order valence-corrected chi connectivity index (χ0v) is 16.4. The Balaban J connectivity index is 2.37. The summed E-state index contributed by atoms with van der Waals surface area (Å²) in [5.41, 5.74) is 7.95. The normalized spacial score (nSPS) is 11.7. The van der Waals surface area contributed by atoms with Gasteiger partial charge in [-0.25, -0.2) is 14.6 Å². The summed E-state index contributed by atoms with van der Waals surface area (Å²) in [6.45, 7) is 14.9. The molecule has 4 heteroatoms. The Kier molecular flexibility index (Phi) is 4.63. The van der Waals surface area contributed by atoms with Crippen molar-refractivity contribution in [3.05, 3.63) is 46.0 Å². The summed E-state index contributed by atoms with van der Waals surface area (Å²) in [7, 11) is 0. The van der Waals surface area contributed by atoms with Crippen LogP contribution in [0.25, 0.3) is 16.7 Å². The lowest BCUT2D eigenvalue weighted by Gasteiger charge is -2.15. The van der Waals surface area contributed by atoms with Gasteiger partial charge in [0.1, 0.15) is 5.82 Å². The van der Waals surface area contributed by atoms with E-state index in [1.165, 1.54) is 16.7 Å². The molecule has 0 bridgehead atoms. The summed E-state index contributed by atoms with van der Waals surface area (Å²) in [6, 6.07) is 4.42. The molecule has 2 aromatic heterocycles. The fourth-order valence-electron chi connectivity index (χ4n) is 3.96. The van der Waals surface area contributed by atoms with Crippen LogP contribution in [0.4, 0.5) is 0 Å². The van der Waals surface area contributed by atoms with Crippen molar-refractivity contribution in [1.82, 2.24) is 19.7 Å². The third kappa shape index (κ3) is 2.94. The van der Waals surface area contributed by atoms with E-state index in [4.69, 9.17) is 15.1 Å². The number of rotatable bonds is 4. The van der Waals surface area contributed by atoms with Crippen LogP contribution in [0.15, 0.2) is 12.1 Å². The van der Waals surface area contributed by atoms with Gasteiger partial charge in [-0.05, 0) is 58.6 Å². The van der Waals surface area contributed by atoms with E-state index in [1.54, 1.807) is 0 Å². The lowest BCUT2D eigenvalue weighted by atomic mass is 9.96. The summed E-state index contributed by atoms with van der Waals surface area (Å²) in [5.74, 6) is 1.26. The van der Waals surface area contributed by atoms with Crippen molar-refractivity contribution in [1.29, 1.82) is 0 Å². The monoisotopic (exact) mass is 336 g/mol. The molecule has 4 nitrogen and oxygen atoms in total. The third-order valence-corrected chi connectivity index (χ3v) is 5.06. The summed E-state index contributed by atoms with van der Waals surface area (Å²) in [6.07, 6.45) is 2.16. The Labute approximate surface area is 150 Å². The second-order valence-corrected chi connectivity index (χ2v) is 7.11. The molecule has 0 spiro atoms. The van der Waals surface area contributed by atoms with Crippen LogP contribution in [0.3, 0.4) is 0 Å². The molecule has 0 amide bonds. The van der Waals surface area contributed by atoms with Crippen LogP contribution < -0.4 is 0 Å². The number of aryl methyl sites for hydroxylation is 5. The van der Waals surface area contributed by atoms with Crippen LogP contribution in [0, 0.1) is 34.6 Å². The summed E-state index contributed by atoms with van der Waals surface area (Å²) in [5, 5.41) is 6.00. The largest absolute Gasteiger partial charge is 0.237 e. The molecule has 132 valence electrons. The van der Waals surface area contributed by atoms with Gasteiger partial charge >= 0.3 is 0 Å². The number of aromatic nitrogens is 4. The van der Waals surface area contributed by atoms with Crippen LogP contribution in [0.2, 0.25) is 0 Å². The van der Waals surface area contributed by atoms with E-state index < -0.39 is 0 Å². The molecular formula is C21H28N4. The number of hydrogen-bond donors (Lipinski definition) is 0. The van der Waals surface area contributed by atoms with Crippen molar-refractivity contribution < 1.29 is 0 Å². The zero-order chi connectivity index (χ0) is 18.3. The Morgan fingerprint density at radius 1 is 0.920 bits per heavy atom. The average molecular weight is 336 g/mol. The molecule has 0 saturated carbocycles. The summed E-state index contributed by atoms with van der Waals surface area (Å²) >= 11 is 0. The minimum Gasteiger partial charge on any atom is -0.237 e. The molecule has 0 radical (unpaired) electrons. The number of nitrogens with zero attached hydrogens (tertiary/aromatic N) is 4. The first-order chi connectivity index (χ1) is 11.9. The molecule has 0 saturated heterocycles. The summed E-state index contributed by atoms with van der Waals surface area (Å²) < 4.78 is 2.02. The maximum absolute atomic E-state index is 4.88. The molecule has 3 aromatic rings. The first-order valence-electron chi connectivity index (χ1n) is 9.19. The van der Waals surface area contributed by atoms with Gasteiger partial charge in [-0.3, -0.25) is 0 Å². The van der Waals surface area contributed by atoms with Crippen molar-refractivity contribution in [2.24, 2.45) is 0 Å². The fourth-order valence-corrected chi connectivity index (χ4v) is 3.96. The molecule has 1 aromatic carbocycles. The lowest BCUT2D eigenvalue weighted by Crippen LogP contribution is -2.07. The van der Waals surface area contributed by atoms with Gasteiger partial charge in [0.15, 0.2) is 5.65 Å². The zero-order valence-electron chi connectivity index (χ0n) is 16.4. The van der Waals surface area contributed by atoms with E-state index in [0.717, 1.165) is 46.8 Å². The smallest absolute Gasteiger partial charge is 0.167 e. The maximum Gasteiger partial charge on any atom is 0.167 e. The Morgan fingerprint density at radius 2 is 1.52 bits per heavy atom. The van der Waals surface area contributed by atoms with Gasteiger partial charge in [-0.2, -0.15) is 5.10 Å². The SMILES string of the molecule is CCC(CC)c1nc(C)nc2c1c(C)nn2-c1c(C)cc(C)cc1C. The van der Waals surface area contributed by atoms with Crippen molar-refractivity contribution in [3.63, 3.8) is 0 Å². The predicted molar refractivity (Wildman–Crippen MR) is 104 cm³/mol. The minimum atomic E-state index is 0.445. The Morgan fingerprint density at radius 3 is 2.08 bits per heavy atom. The molecule has 0 N–H and O–H groups in total. The van der Waals surface area contributed by atoms with E-state index in [9.17, 15) is 0 Å². The molecule has 0 atom stereocenters. The molecule has 0 aliphatic carbocycles. The van der Waals surface area contributed by atoms with E-state index in [2.05, 4.69) is 53.7 Å². The number of benzene rings is 1. The highest BCUT2D eigenvalue weighted by Gasteiger charge is 2.22. The molecule has 0 fully saturated rings. The van der Waals surface area contributed by atoms with Crippen LogP contribution in [-0.4, -0.2) is 19.7 Å². The van der Waals surface area contributed by atoms with Gasteiger partial charge in [-0.15, -0.1) is 0 Å². The molecule has 0 aliphatic rings. The first-order valence-corrected chi connectivity index (χ1v) is 9.19. The minimum absolute atomic E-state index is 0.445. The number of hydrogen-bond acceptors (Lipinski definition) is 3. The quantitative estimate of drug-likeness (QED) is 0.652. The fraction of sp³-hybridized carbons (Fsp3) is 0.476. The lowest BCUT2D eigenvalue weighted by molar-refractivity contribution is 0.625. The standard InChI is InChI=1S/C21H28N4/c1-8-17(9-2)19-18-15(6)24-25(21(18)23-16(7)22-19)20-13(4)10-12(3)11-14(20)5/h10-11,17H,8-9H2,1-7H3. The van der Waals surface area contributed by atoms with Crippen LogP contribution in [0.5, 0.6) is 0 Å². The van der Waals surface area contributed by atoms with E-state index >= 15 is 0 Å². The van der Waals surface area contributed by atoms with Gasteiger partial charge in [0, 0.05) is 5.92 Å². The van der Waals surface area contributed by atoms with Crippen molar-refractivity contribution in [2.45, 2.75) is 67.2 Å². The van der Waals surface area contributed by atoms with E-state index in [-0.39, 0.29) is 0 Å². The van der Waals surface area contributed by atoms with E-state index in [1.807, 2.05) is 11.6 Å². The second kappa shape index (κ2) is 6.58. The molecular weight excluding hydrogens is 308 g/mol. The van der Waals surface area contributed by atoms with Crippen molar-refractivity contribution >= 4 is 11.0 Å². The molecule has 2 heterocycles. The topological polar surface area (TPSA) is 43.6 Å². The number of fused-ring (bicyclic) bond motifs is 1. The Hall–Kier alpha value is -2.23.